The van der Waals surface area contributed by atoms with E-state index in [9.17, 15) is 22.8 Å². The third-order valence-electron chi connectivity index (χ3n) is 9.93. The molecule has 1 aromatic heterocycles. The predicted octanol–water partition coefficient (Wildman–Crippen LogP) is 5.64. The molecular formula is C37H46N4O6S. The van der Waals surface area contributed by atoms with Gasteiger partial charge in [-0.05, 0) is 50.7 Å². The van der Waals surface area contributed by atoms with Crippen molar-refractivity contribution in [3.63, 3.8) is 0 Å². The van der Waals surface area contributed by atoms with Gasteiger partial charge in [0.25, 0.3) is 0 Å². The summed E-state index contributed by atoms with van der Waals surface area (Å²) in [7, 11) is -3.91. The van der Waals surface area contributed by atoms with E-state index in [0.717, 1.165) is 16.5 Å². The predicted molar refractivity (Wildman–Crippen MR) is 185 cm³/mol. The summed E-state index contributed by atoms with van der Waals surface area (Å²) in [4.78, 5) is 52.8. The summed E-state index contributed by atoms with van der Waals surface area (Å²) in [5, 5.41) is -0.0990. The van der Waals surface area contributed by atoms with Crippen molar-refractivity contribution in [1.29, 1.82) is 0 Å². The lowest BCUT2D eigenvalue weighted by Crippen LogP contribution is -2.47. The van der Waals surface area contributed by atoms with E-state index < -0.39 is 44.7 Å². The Bertz CT molecular complexity index is 1850. The minimum absolute atomic E-state index is 0.152. The lowest BCUT2D eigenvalue weighted by Gasteiger charge is -2.33. The van der Waals surface area contributed by atoms with Crippen LogP contribution in [0.4, 0.5) is 0 Å². The number of ether oxygens (including phenoxy) is 1. The lowest BCUT2D eigenvalue weighted by atomic mass is 9.81. The second-order valence-corrected chi connectivity index (χ2v) is 16.9. The lowest BCUT2D eigenvalue weighted by molar-refractivity contribution is -0.144. The van der Waals surface area contributed by atoms with Crippen LogP contribution in [0.3, 0.4) is 0 Å². The third-order valence-corrected chi connectivity index (χ3v) is 11.6. The molecule has 2 aromatic carbocycles. The minimum atomic E-state index is -3.91. The Kier molecular flexibility index (Phi) is 9.58. The molecule has 1 saturated heterocycles. The molecule has 2 aliphatic rings. The number of nitrogens with one attached hydrogen (secondary N) is 1. The molecule has 4 unspecified atom stereocenters. The van der Waals surface area contributed by atoms with Crippen molar-refractivity contribution in [2.75, 3.05) is 6.54 Å². The average molecular weight is 675 g/mol. The van der Waals surface area contributed by atoms with Crippen molar-refractivity contribution in [2.45, 2.75) is 85.1 Å². The van der Waals surface area contributed by atoms with Crippen LogP contribution in [0.25, 0.3) is 22.3 Å². The van der Waals surface area contributed by atoms with E-state index in [1.807, 2.05) is 83.1 Å². The molecule has 1 aliphatic carbocycles. The average Bonchev–Trinajstić information content (AvgIpc) is 3.59. The van der Waals surface area contributed by atoms with Gasteiger partial charge in [-0.2, -0.15) is 4.98 Å². The third kappa shape index (κ3) is 7.02. The number of aromatic nitrogens is 2. The van der Waals surface area contributed by atoms with Crippen LogP contribution >= 0.6 is 0 Å². The maximum Gasteiger partial charge on any atom is 0.240 e. The molecule has 0 bridgehead atoms. The number of ketones is 1. The number of Topliss-reactive ketones (excluding diaryl/α,β-unsaturated/α-hetero) is 1. The molecule has 5 atom stereocenters. The van der Waals surface area contributed by atoms with Crippen LogP contribution in [0.15, 0.2) is 61.2 Å². The van der Waals surface area contributed by atoms with E-state index in [0.29, 0.717) is 23.6 Å². The van der Waals surface area contributed by atoms with E-state index in [1.54, 1.807) is 11.0 Å². The summed E-state index contributed by atoms with van der Waals surface area (Å²) < 4.78 is 33.9. The van der Waals surface area contributed by atoms with Crippen LogP contribution < -0.4 is 9.46 Å². The van der Waals surface area contributed by atoms with Crippen molar-refractivity contribution >= 4 is 38.5 Å². The molecule has 0 spiro atoms. The fourth-order valence-corrected chi connectivity index (χ4v) is 6.89. The first-order valence-corrected chi connectivity index (χ1v) is 18.0. The van der Waals surface area contributed by atoms with Crippen molar-refractivity contribution in [3.8, 4) is 17.3 Å². The molecule has 1 saturated carbocycles. The van der Waals surface area contributed by atoms with Gasteiger partial charge in [0, 0.05) is 24.3 Å². The van der Waals surface area contributed by atoms with E-state index in [-0.39, 0.29) is 42.4 Å². The van der Waals surface area contributed by atoms with Crippen molar-refractivity contribution in [1.82, 2.24) is 19.6 Å². The summed E-state index contributed by atoms with van der Waals surface area (Å²) in [6, 6.07) is 14.6. The highest BCUT2D eigenvalue weighted by Gasteiger charge is 2.61. The van der Waals surface area contributed by atoms with Gasteiger partial charge in [0.15, 0.2) is 11.6 Å². The maximum absolute atomic E-state index is 14.2. The van der Waals surface area contributed by atoms with Crippen LogP contribution in [0.2, 0.25) is 0 Å². The van der Waals surface area contributed by atoms with Gasteiger partial charge in [0.2, 0.25) is 27.7 Å². The quantitative estimate of drug-likeness (QED) is 0.258. The number of benzene rings is 2. The van der Waals surface area contributed by atoms with Crippen molar-refractivity contribution in [3.05, 3.63) is 66.7 Å². The number of hydrogen-bond donors (Lipinski definition) is 1. The Hall–Kier alpha value is -4.12. The van der Waals surface area contributed by atoms with Crippen LogP contribution in [0.1, 0.15) is 66.4 Å². The number of amides is 2. The summed E-state index contributed by atoms with van der Waals surface area (Å²) in [5.41, 5.74) is 0.922. The fraction of sp³-hybridized carbons (Fsp3) is 0.486. The largest absolute Gasteiger partial charge is 0.472 e. The number of rotatable bonds is 11. The molecule has 2 fully saturated rings. The van der Waals surface area contributed by atoms with Gasteiger partial charge in [0.1, 0.15) is 6.10 Å². The van der Waals surface area contributed by atoms with Gasteiger partial charge in [-0.15, -0.1) is 6.58 Å². The molecule has 5 rings (SSSR count). The van der Waals surface area contributed by atoms with Crippen molar-refractivity contribution < 1.29 is 27.5 Å². The molecule has 2 amide bonds. The normalized spacial score (nSPS) is 23.2. The van der Waals surface area contributed by atoms with E-state index in [1.165, 1.54) is 13.8 Å². The SMILES string of the molecule is C=CC1CC1(CC(=O)C1CC(Oc2nc(-c3ccccc3)nc3ccc(C)cc23)CN1C(=O)[C@@H](C)C(C)(C)C)C(=O)NS(=O)(=O)C(C)C. The van der Waals surface area contributed by atoms with Crippen LogP contribution in [0, 0.1) is 29.6 Å². The summed E-state index contributed by atoms with van der Waals surface area (Å²) in [5.74, 6) is -1.12. The molecular weight excluding hydrogens is 628 g/mol. The number of carbonyl (C=O) groups excluding carboxylic acids is 3. The Balaban J connectivity index is 1.47. The fourth-order valence-electron chi connectivity index (χ4n) is 6.19. The Morgan fingerprint density at radius 3 is 2.40 bits per heavy atom. The zero-order valence-corrected chi connectivity index (χ0v) is 29.6. The number of fused-ring (bicyclic) bond motifs is 1. The molecule has 10 nitrogen and oxygen atoms in total. The topological polar surface area (TPSA) is 136 Å². The number of carbonyl (C=O) groups is 3. The zero-order chi connectivity index (χ0) is 35.2. The number of hydrogen-bond acceptors (Lipinski definition) is 8. The Labute approximate surface area is 283 Å². The summed E-state index contributed by atoms with van der Waals surface area (Å²) in [6.07, 6.45) is 1.29. The first kappa shape index (κ1) is 35.2. The van der Waals surface area contributed by atoms with Gasteiger partial charge in [0.05, 0.1) is 34.2 Å². The number of sulfonamides is 1. The van der Waals surface area contributed by atoms with Gasteiger partial charge in [-0.3, -0.25) is 19.1 Å². The smallest absolute Gasteiger partial charge is 0.240 e. The minimum Gasteiger partial charge on any atom is -0.472 e. The molecule has 48 heavy (non-hydrogen) atoms. The highest BCUT2D eigenvalue weighted by atomic mass is 32.2. The molecule has 2 heterocycles. The number of likely N-dealkylation sites (tertiary alicyclic amines) is 1. The molecule has 1 aliphatic heterocycles. The van der Waals surface area contributed by atoms with Gasteiger partial charge in [-0.1, -0.05) is 75.7 Å². The molecule has 0 radical (unpaired) electrons. The molecule has 3 aromatic rings. The summed E-state index contributed by atoms with van der Waals surface area (Å²) in [6.45, 7) is 16.7. The first-order chi connectivity index (χ1) is 22.5. The van der Waals surface area contributed by atoms with E-state index >= 15 is 0 Å². The molecule has 11 heteroatoms. The maximum atomic E-state index is 14.2. The van der Waals surface area contributed by atoms with Gasteiger partial charge < -0.3 is 9.64 Å². The highest BCUT2D eigenvalue weighted by Crippen LogP contribution is 2.57. The number of allylic oxidation sites excluding steroid dienone is 1. The Morgan fingerprint density at radius 1 is 1.10 bits per heavy atom. The zero-order valence-electron chi connectivity index (χ0n) is 28.8. The van der Waals surface area contributed by atoms with E-state index in [2.05, 4.69) is 11.3 Å². The second kappa shape index (κ2) is 13.1. The van der Waals surface area contributed by atoms with Crippen LogP contribution in [-0.4, -0.2) is 64.8 Å². The first-order valence-electron chi connectivity index (χ1n) is 16.5. The van der Waals surface area contributed by atoms with Crippen LogP contribution in [0.5, 0.6) is 5.88 Å². The Morgan fingerprint density at radius 2 is 1.79 bits per heavy atom. The monoisotopic (exact) mass is 674 g/mol. The van der Waals surface area contributed by atoms with Gasteiger partial charge in [-0.25, -0.2) is 13.4 Å². The van der Waals surface area contributed by atoms with Crippen molar-refractivity contribution in [2.24, 2.45) is 22.7 Å². The van der Waals surface area contributed by atoms with Gasteiger partial charge >= 0.3 is 0 Å². The summed E-state index contributed by atoms with van der Waals surface area (Å²) >= 11 is 0. The van der Waals surface area contributed by atoms with E-state index in [4.69, 9.17) is 14.7 Å². The number of aryl methyl sites for hydroxylation is 1. The second-order valence-electron chi connectivity index (χ2n) is 14.7. The molecule has 256 valence electrons. The van der Waals surface area contributed by atoms with Crippen LogP contribution in [-0.2, 0) is 24.4 Å². The molecule has 1 N–H and O–H groups in total. The highest BCUT2D eigenvalue weighted by molar-refractivity contribution is 7.90. The standard InChI is InChI=1S/C37H46N4O6S/c1-9-26-19-37(26,35(44)40-48(45,46)22(2)3)20-31(42)30-18-27(21-41(30)34(43)24(5)36(6,7)8)47-33-28-17-23(4)15-16-29(28)38-32(39-33)25-13-11-10-12-14-25/h9-17,22,24,26-27,30H,1,18-21H2,2-8H3,(H,40,44)/t24-,26?,27?,30?,37?/m1/s1. The number of nitrogens with zero attached hydrogens (tertiary/aromatic N) is 3.